The number of hydrogen-bond donors (Lipinski definition) is 0. The van der Waals surface area contributed by atoms with Crippen LogP contribution >= 0.6 is 0 Å². The first-order valence-electron chi connectivity index (χ1n) is 15.6. The maximum atomic E-state index is 5.23. The minimum Gasteiger partial charge on any atom is -0.256 e. The van der Waals surface area contributed by atoms with Crippen LogP contribution in [0.4, 0.5) is 0 Å². The summed E-state index contributed by atoms with van der Waals surface area (Å²) < 4.78 is 0. The van der Waals surface area contributed by atoms with Gasteiger partial charge in [0, 0.05) is 28.1 Å². The Morgan fingerprint density at radius 2 is 0.957 bits per heavy atom. The highest BCUT2D eigenvalue weighted by Gasteiger charge is 2.14. The maximum Gasteiger partial charge on any atom is 0.0780 e. The summed E-state index contributed by atoms with van der Waals surface area (Å²) in [6.45, 7) is 0. The van der Waals surface area contributed by atoms with Crippen LogP contribution in [-0.4, -0.2) is 9.97 Å². The Morgan fingerprint density at radius 1 is 0.348 bits per heavy atom. The zero-order valence-electron chi connectivity index (χ0n) is 25.1. The summed E-state index contributed by atoms with van der Waals surface area (Å²) in [5, 5.41) is 7.18. The maximum absolute atomic E-state index is 5.23. The zero-order valence-corrected chi connectivity index (χ0v) is 25.1. The number of nitrogens with zero attached hydrogens (tertiary/aromatic N) is 2. The summed E-state index contributed by atoms with van der Waals surface area (Å²) in [6.07, 6.45) is 1.87. The first-order valence-corrected chi connectivity index (χ1v) is 15.6. The average Bonchev–Trinajstić information content (AvgIpc) is 3.13. The van der Waals surface area contributed by atoms with Gasteiger partial charge in [0.1, 0.15) is 0 Å². The minimum absolute atomic E-state index is 0.962. The molecule has 0 N–H and O–H groups in total. The number of fused-ring (bicyclic) bond motifs is 4. The fourth-order valence-electron chi connectivity index (χ4n) is 6.70. The Kier molecular flexibility index (Phi) is 6.17. The van der Waals surface area contributed by atoms with E-state index >= 15 is 0 Å². The zero-order chi connectivity index (χ0) is 30.5. The van der Waals surface area contributed by atoms with Crippen molar-refractivity contribution in [2.45, 2.75) is 0 Å². The topological polar surface area (TPSA) is 25.8 Å². The van der Waals surface area contributed by atoms with Crippen LogP contribution in [0.3, 0.4) is 0 Å². The molecule has 214 valence electrons. The Hall–Kier alpha value is -6.12. The molecule has 2 heterocycles. The third-order valence-corrected chi connectivity index (χ3v) is 9.05. The van der Waals surface area contributed by atoms with E-state index in [1.54, 1.807) is 0 Å². The van der Waals surface area contributed by atoms with Gasteiger partial charge in [-0.3, -0.25) is 4.98 Å². The molecule has 0 atom stereocenters. The van der Waals surface area contributed by atoms with Gasteiger partial charge < -0.3 is 0 Å². The van der Waals surface area contributed by atoms with Gasteiger partial charge in [-0.15, -0.1) is 0 Å². The number of hydrogen-bond acceptors (Lipinski definition) is 2. The molecule has 0 aliphatic carbocycles. The molecular weight excluding hydrogens is 556 g/mol. The highest BCUT2D eigenvalue weighted by atomic mass is 14.7. The van der Waals surface area contributed by atoms with Gasteiger partial charge in [0.05, 0.1) is 16.7 Å². The minimum atomic E-state index is 0.962. The van der Waals surface area contributed by atoms with Crippen molar-refractivity contribution in [2.24, 2.45) is 0 Å². The van der Waals surface area contributed by atoms with Gasteiger partial charge in [0.2, 0.25) is 0 Å². The predicted octanol–water partition coefficient (Wildman–Crippen LogP) is 11.8. The van der Waals surface area contributed by atoms with Crippen molar-refractivity contribution in [3.63, 3.8) is 0 Å². The van der Waals surface area contributed by atoms with Crippen molar-refractivity contribution in [3.8, 4) is 44.6 Å². The van der Waals surface area contributed by atoms with Crippen LogP contribution in [0.5, 0.6) is 0 Å². The first kappa shape index (κ1) is 26.3. The molecule has 0 radical (unpaired) electrons. The molecule has 0 amide bonds. The van der Waals surface area contributed by atoms with Crippen LogP contribution in [0.1, 0.15) is 0 Å². The SMILES string of the molecule is c1cc(-c2cc(-c3ccc4ccccc4c3)nc3ccc(-c4ccc5ccccc5c4)cc23)cc(-c2cccc3cccnc23)c1. The van der Waals surface area contributed by atoms with E-state index in [9.17, 15) is 0 Å². The van der Waals surface area contributed by atoms with E-state index in [4.69, 9.17) is 9.97 Å². The van der Waals surface area contributed by atoms with Crippen LogP contribution in [-0.2, 0) is 0 Å². The lowest BCUT2D eigenvalue weighted by Gasteiger charge is -2.14. The average molecular weight is 585 g/mol. The summed E-state index contributed by atoms with van der Waals surface area (Å²) >= 11 is 0. The molecule has 46 heavy (non-hydrogen) atoms. The van der Waals surface area contributed by atoms with E-state index in [1.807, 2.05) is 12.3 Å². The van der Waals surface area contributed by atoms with Gasteiger partial charge >= 0.3 is 0 Å². The fraction of sp³-hybridized carbons (Fsp3) is 0. The Morgan fingerprint density at radius 3 is 1.76 bits per heavy atom. The standard InChI is InChI=1S/C44H28N2/c1-3-10-32-24-34(19-17-29(32)8-1)35-21-22-42-41(27-35)40(28-43(46-42)38-20-18-30-9-2-4-11-33(30)25-38)37-14-5-13-36(26-37)39-16-6-12-31-15-7-23-45-44(31)39/h1-28H. The molecule has 2 heteroatoms. The summed E-state index contributed by atoms with van der Waals surface area (Å²) in [7, 11) is 0. The lowest BCUT2D eigenvalue weighted by Crippen LogP contribution is -1.92. The van der Waals surface area contributed by atoms with E-state index in [-0.39, 0.29) is 0 Å². The quantitative estimate of drug-likeness (QED) is 0.206. The highest BCUT2D eigenvalue weighted by molar-refractivity contribution is 6.01. The summed E-state index contributed by atoms with van der Waals surface area (Å²) in [4.78, 5) is 9.98. The summed E-state index contributed by atoms with van der Waals surface area (Å²) in [5.74, 6) is 0. The monoisotopic (exact) mass is 584 g/mol. The molecule has 0 unspecified atom stereocenters. The third kappa shape index (κ3) is 4.60. The highest BCUT2D eigenvalue weighted by Crippen LogP contribution is 2.38. The van der Waals surface area contributed by atoms with Gasteiger partial charge in [-0.1, -0.05) is 121 Å². The molecule has 0 saturated carbocycles. The number of para-hydroxylation sites is 1. The molecule has 0 aliphatic heterocycles. The molecule has 0 fully saturated rings. The van der Waals surface area contributed by atoms with E-state index in [0.29, 0.717) is 0 Å². The second kappa shape index (κ2) is 10.8. The Bertz CT molecular complexity index is 2590. The summed E-state index contributed by atoms with van der Waals surface area (Å²) in [6, 6.07) is 58.6. The normalized spacial score (nSPS) is 11.5. The van der Waals surface area contributed by atoms with Gasteiger partial charge in [-0.05, 0) is 91.8 Å². The van der Waals surface area contributed by atoms with Crippen molar-refractivity contribution in [3.05, 3.63) is 170 Å². The third-order valence-electron chi connectivity index (χ3n) is 9.05. The molecule has 9 aromatic rings. The molecular formula is C44H28N2. The van der Waals surface area contributed by atoms with E-state index in [2.05, 4.69) is 158 Å². The van der Waals surface area contributed by atoms with Crippen LogP contribution in [0, 0.1) is 0 Å². The fourth-order valence-corrected chi connectivity index (χ4v) is 6.70. The molecule has 0 bridgehead atoms. The van der Waals surface area contributed by atoms with Gasteiger partial charge in [-0.2, -0.15) is 0 Å². The molecule has 0 aliphatic rings. The van der Waals surface area contributed by atoms with Gasteiger partial charge in [0.25, 0.3) is 0 Å². The first-order chi connectivity index (χ1) is 22.8. The van der Waals surface area contributed by atoms with Crippen molar-refractivity contribution in [2.75, 3.05) is 0 Å². The van der Waals surface area contributed by atoms with Crippen molar-refractivity contribution in [1.29, 1.82) is 0 Å². The van der Waals surface area contributed by atoms with Crippen molar-refractivity contribution >= 4 is 43.4 Å². The molecule has 9 rings (SSSR count). The number of benzene rings is 7. The molecule has 0 saturated heterocycles. The van der Waals surface area contributed by atoms with Crippen LogP contribution in [0.25, 0.3) is 88.0 Å². The van der Waals surface area contributed by atoms with Crippen molar-refractivity contribution < 1.29 is 0 Å². The van der Waals surface area contributed by atoms with E-state index in [0.717, 1.165) is 55.3 Å². The second-order valence-corrected chi connectivity index (χ2v) is 11.9. The van der Waals surface area contributed by atoms with Crippen molar-refractivity contribution in [1.82, 2.24) is 9.97 Å². The number of aromatic nitrogens is 2. The van der Waals surface area contributed by atoms with Crippen LogP contribution in [0.2, 0.25) is 0 Å². The second-order valence-electron chi connectivity index (χ2n) is 11.9. The smallest absolute Gasteiger partial charge is 0.0780 e. The van der Waals surface area contributed by atoms with Gasteiger partial charge in [0.15, 0.2) is 0 Å². The summed E-state index contributed by atoms with van der Waals surface area (Å²) in [5.41, 5.74) is 11.0. The number of pyridine rings is 2. The van der Waals surface area contributed by atoms with Crippen LogP contribution < -0.4 is 0 Å². The van der Waals surface area contributed by atoms with E-state index < -0.39 is 0 Å². The molecule has 2 nitrogen and oxygen atoms in total. The molecule has 7 aromatic carbocycles. The Labute approximate surface area is 267 Å². The lowest BCUT2D eigenvalue weighted by molar-refractivity contribution is 1.40. The largest absolute Gasteiger partial charge is 0.256 e. The number of rotatable bonds is 4. The predicted molar refractivity (Wildman–Crippen MR) is 194 cm³/mol. The lowest BCUT2D eigenvalue weighted by atomic mass is 9.92. The van der Waals surface area contributed by atoms with Crippen LogP contribution in [0.15, 0.2) is 170 Å². The Balaban J connectivity index is 1.26. The van der Waals surface area contributed by atoms with E-state index in [1.165, 1.54) is 32.7 Å². The van der Waals surface area contributed by atoms with Gasteiger partial charge in [-0.25, -0.2) is 4.98 Å². The molecule has 2 aromatic heterocycles. The molecule has 0 spiro atoms.